The Morgan fingerprint density at radius 3 is 1.94 bits per heavy atom. The van der Waals surface area contributed by atoms with E-state index in [0.29, 0.717) is 0 Å². The molecule has 0 spiro atoms. The van der Waals surface area contributed by atoms with Crippen LogP contribution in [-0.4, -0.2) is 23.0 Å². The number of nitrogens with one attached hydrogen (secondary N) is 1. The quantitative estimate of drug-likeness (QED) is 0.849. The summed E-state index contributed by atoms with van der Waals surface area (Å²) in [6, 6.07) is 0. The van der Waals surface area contributed by atoms with Crippen molar-refractivity contribution in [3.05, 3.63) is 22.4 Å². The molecule has 0 aliphatic heterocycles. The highest BCUT2D eigenvalue weighted by Gasteiger charge is 2.63. The minimum atomic E-state index is -6.01. The molecule has 0 saturated carbocycles. The van der Waals surface area contributed by atoms with Crippen LogP contribution in [0.3, 0.4) is 0 Å². The van der Waals surface area contributed by atoms with E-state index in [4.69, 9.17) is 23.2 Å². The van der Waals surface area contributed by atoms with Crippen LogP contribution in [0.5, 0.6) is 0 Å². The van der Waals surface area contributed by atoms with Crippen molar-refractivity contribution >= 4 is 34.8 Å². The lowest BCUT2D eigenvalue weighted by atomic mass is 10.3. The summed E-state index contributed by atoms with van der Waals surface area (Å²) in [5.74, 6) is -8.13. The fourth-order valence-electron chi connectivity index (χ4n) is 0.851. The number of hydrogen-bond acceptors (Lipinski definition) is 2. The Morgan fingerprint density at radius 1 is 1.11 bits per heavy atom. The van der Waals surface area contributed by atoms with Crippen LogP contribution in [0.4, 0.5) is 27.6 Å². The van der Waals surface area contributed by atoms with Gasteiger partial charge in [-0.1, -0.05) is 23.2 Å². The largest absolute Gasteiger partial charge is 0.463 e. The zero-order valence-corrected chi connectivity index (χ0v) is 9.67. The Bertz CT molecular complexity index is 457. The monoisotopic (exact) mass is 308 g/mol. The third kappa shape index (κ3) is 2.81. The van der Waals surface area contributed by atoms with Crippen LogP contribution in [0, 0.1) is 0 Å². The van der Waals surface area contributed by atoms with Gasteiger partial charge in [-0.15, -0.1) is 0 Å². The normalized spacial score (nSPS) is 12.4. The molecule has 1 aromatic rings. The van der Waals surface area contributed by atoms with E-state index in [9.17, 15) is 26.7 Å². The van der Waals surface area contributed by atoms with Gasteiger partial charge in [0, 0.05) is 12.4 Å². The van der Waals surface area contributed by atoms with Gasteiger partial charge in [0.1, 0.15) is 0 Å². The molecule has 0 unspecified atom stereocenters. The van der Waals surface area contributed by atoms with Gasteiger partial charge in [-0.3, -0.25) is 9.78 Å². The second-order valence-corrected chi connectivity index (χ2v) is 3.82. The topological polar surface area (TPSA) is 42.0 Å². The number of amides is 1. The van der Waals surface area contributed by atoms with Gasteiger partial charge in [0.2, 0.25) is 0 Å². The summed E-state index contributed by atoms with van der Waals surface area (Å²) in [7, 11) is 0. The first-order chi connectivity index (χ1) is 8.07. The van der Waals surface area contributed by atoms with Gasteiger partial charge >= 0.3 is 18.0 Å². The van der Waals surface area contributed by atoms with Crippen LogP contribution < -0.4 is 5.32 Å². The number of carbonyl (C=O) groups is 1. The molecule has 1 amide bonds. The lowest BCUT2D eigenvalue weighted by Gasteiger charge is -2.19. The Kier molecular flexibility index (Phi) is 4.02. The van der Waals surface area contributed by atoms with E-state index in [0.717, 1.165) is 12.4 Å². The molecule has 3 nitrogen and oxygen atoms in total. The minimum Gasteiger partial charge on any atom is -0.318 e. The molecule has 0 fully saturated rings. The molecule has 1 aromatic heterocycles. The van der Waals surface area contributed by atoms with Crippen molar-refractivity contribution in [3.8, 4) is 0 Å². The summed E-state index contributed by atoms with van der Waals surface area (Å²) < 4.78 is 61.0. The Balaban J connectivity index is 3.03. The smallest absolute Gasteiger partial charge is 0.318 e. The first-order valence-corrected chi connectivity index (χ1v) is 4.88. The third-order valence-electron chi connectivity index (χ3n) is 1.73. The lowest BCUT2D eigenvalue weighted by Crippen LogP contribution is -2.47. The van der Waals surface area contributed by atoms with Crippen molar-refractivity contribution in [2.45, 2.75) is 12.1 Å². The zero-order valence-electron chi connectivity index (χ0n) is 8.16. The van der Waals surface area contributed by atoms with Crippen LogP contribution in [0.15, 0.2) is 12.4 Å². The van der Waals surface area contributed by atoms with Gasteiger partial charge in [0.25, 0.3) is 0 Å². The van der Waals surface area contributed by atoms with Crippen LogP contribution in [0.1, 0.15) is 0 Å². The van der Waals surface area contributed by atoms with Crippen LogP contribution in [-0.2, 0) is 4.79 Å². The van der Waals surface area contributed by atoms with Gasteiger partial charge in [0.05, 0.1) is 15.7 Å². The van der Waals surface area contributed by atoms with Gasteiger partial charge in [-0.05, 0) is 0 Å². The summed E-state index contributed by atoms with van der Waals surface area (Å²) in [6.45, 7) is 0. The number of pyridine rings is 1. The average molecular weight is 309 g/mol. The SMILES string of the molecule is O=C(Nc1c(Cl)cncc1Cl)C(F)(F)C(F)(F)F. The molecule has 100 valence electrons. The number of rotatable bonds is 2. The highest BCUT2D eigenvalue weighted by atomic mass is 35.5. The summed E-state index contributed by atoms with van der Waals surface area (Å²) in [6.07, 6.45) is -4.16. The maximum Gasteiger partial charge on any atom is 0.463 e. The van der Waals surface area contributed by atoms with Crippen LogP contribution in [0.2, 0.25) is 10.0 Å². The summed E-state index contributed by atoms with van der Waals surface area (Å²) in [4.78, 5) is 14.3. The van der Waals surface area contributed by atoms with E-state index in [2.05, 4.69) is 4.98 Å². The minimum absolute atomic E-state index is 0.367. The number of halogens is 7. The van der Waals surface area contributed by atoms with Gasteiger partial charge in [-0.2, -0.15) is 22.0 Å². The van der Waals surface area contributed by atoms with E-state index >= 15 is 0 Å². The molecule has 10 heteroatoms. The number of alkyl halides is 5. The first-order valence-electron chi connectivity index (χ1n) is 4.12. The van der Waals surface area contributed by atoms with Crippen molar-refractivity contribution in [1.29, 1.82) is 0 Å². The highest BCUT2D eigenvalue weighted by Crippen LogP contribution is 2.37. The number of anilines is 1. The third-order valence-corrected chi connectivity index (χ3v) is 2.31. The number of nitrogens with zero attached hydrogens (tertiary/aromatic N) is 1. The molecule has 18 heavy (non-hydrogen) atoms. The van der Waals surface area contributed by atoms with E-state index in [1.165, 1.54) is 5.32 Å². The number of hydrogen-bond donors (Lipinski definition) is 1. The molecule has 0 radical (unpaired) electrons. The standard InChI is InChI=1S/C8H3Cl2F5N2O/c9-3-1-16-2-4(10)5(3)17-6(18)7(11,12)8(13,14)15/h1-2H,(H,16,17,18). The fourth-order valence-corrected chi connectivity index (χ4v) is 1.31. The van der Waals surface area contributed by atoms with Crippen molar-refractivity contribution < 1.29 is 26.7 Å². The van der Waals surface area contributed by atoms with E-state index < -0.39 is 23.7 Å². The van der Waals surface area contributed by atoms with Gasteiger partial charge < -0.3 is 5.32 Å². The maximum atomic E-state index is 12.6. The molecule has 0 aliphatic rings. The van der Waals surface area contributed by atoms with Gasteiger partial charge in [-0.25, -0.2) is 0 Å². The Labute approximate surface area is 107 Å². The second-order valence-electron chi connectivity index (χ2n) is 3.00. The van der Waals surface area contributed by atoms with Gasteiger partial charge in [0.15, 0.2) is 0 Å². The summed E-state index contributed by atoms with van der Waals surface area (Å²) in [5.41, 5.74) is -0.567. The van der Waals surface area contributed by atoms with Crippen LogP contribution in [0.25, 0.3) is 0 Å². The first kappa shape index (κ1) is 14.9. The molecule has 1 heterocycles. The predicted molar refractivity (Wildman–Crippen MR) is 53.9 cm³/mol. The lowest BCUT2D eigenvalue weighted by molar-refractivity contribution is -0.267. The Morgan fingerprint density at radius 2 is 1.56 bits per heavy atom. The molecule has 0 aromatic carbocycles. The van der Waals surface area contributed by atoms with Crippen molar-refractivity contribution in [1.82, 2.24) is 4.98 Å². The molecule has 0 saturated heterocycles. The van der Waals surface area contributed by atoms with Crippen molar-refractivity contribution in [2.75, 3.05) is 5.32 Å². The predicted octanol–water partition coefficient (Wildman–Crippen LogP) is 3.52. The molecular formula is C8H3Cl2F5N2O. The molecular weight excluding hydrogens is 306 g/mol. The van der Waals surface area contributed by atoms with Crippen molar-refractivity contribution in [2.24, 2.45) is 0 Å². The highest BCUT2D eigenvalue weighted by molar-refractivity contribution is 6.39. The average Bonchev–Trinajstić information content (AvgIpc) is 2.21. The zero-order chi connectivity index (χ0) is 14.1. The van der Waals surface area contributed by atoms with E-state index in [-0.39, 0.29) is 10.0 Å². The molecule has 0 bridgehead atoms. The summed E-state index contributed by atoms with van der Waals surface area (Å²) >= 11 is 10.9. The van der Waals surface area contributed by atoms with Crippen molar-refractivity contribution in [3.63, 3.8) is 0 Å². The van der Waals surface area contributed by atoms with E-state index in [1.807, 2.05) is 0 Å². The van der Waals surface area contributed by atoms with Crippen LogP contribution >= 0.6 is 23.2 Å². The number of aromatic nitrogens is 1. The second kappa shape index (κ2) is 4.85. The maximum absolute atomic E-state index is 12.6. The Hall–Kier alpha value is -1.15. The number of carbonyl (C=O) groups excluding carboxylic acids is 1. The molecule has 0 aliphatic carbocycles. The fraction of sp³-hybridized carbons (Fsp3) is 0.250. The summed E-state index contributed by atoms with van der Waals surface area (Å²) in [5, 5.41) is 0.579. The molecule has 1 N–H and O–H groups in total. The molecule has 0 atom stereocenters. The molecule has 1 rings (SSSR count). The van der Waals surface area contributed by atoms with E-state index in [1.54, 1.807) is 0 Å².